The van der Waals surface area contributed by atoms with Gasteiger partial charge in [0.1, 0.15) is 0 Å². The molecule has 7 nitrogen and oxygen atoms in total. The maximum absolute atomic E-state index is 13.4. The Hall–Kier alpha value is -3.32. The Morgan fingerprint density at radius 1 is 1.06 bits per heavy atom. The molecule has 2 aromatic rings. The van der Waals surface area contributed by atoms with Crippen molar-refractivity contribution in [3.63, 3.8) is 0 Å². The quantitative estimate of drug-likeness (QED) is 0.698. The maximum Gasteiger partial charge on any atom is 0.259 e. The van der Waals surface area contributed by atoms with Gasteiger partial charge in [0.25, 0.3) is 5.91 Å². The third-order valence-electron chi connectivity index (χ3n) is 6.18. The number of carbonyl (C=O) groups excluding carboxylic acids is 2. The van der Waals surface area contributed by atoms with Crippen molar-refractivity contribution in [1.29, 1.82) is 0 Å². The maximum atomic E-state index is 13.4. The minimum absolute atomic E-state index is 0.0579. The molecule has 31 heavy (non-hydrogen) atoms. The van der Waals surface area contributed by atoms with E-state index in [9.17, 15) is 9.59 Å². The van der Waals surface area contributed by atoms with Crippen LogP contribution in [0.2, 0.25) is 0 Å². The van der Waals surface area contributed by atoms with Crippen molar-refractivity contribution >= 4 is 17.5 Å². The molecule has 1 fully saturated rings. The lowest BCUT2D eigenvalue weighted by atomic mass is 10.00. The average molecular weight is 419 g/mol. The van der Waals surface area contributed by atoms with Crippen LogP contribution in [-0.2, 0) is 4.79 Å². The molecular weight excluding hydrogens is 394 g/mol. The minimum Gasteiger partial charge on any atom is -0.454 e. The standard InChI is InChI=1S/C24H25N3O4/c1-2-8-25-9-11-26(12-10-25)23(28)15-20-18-13-21-22(31-16-30-21)14-19(18)24(29)27(20)17-6-4-3-5-7-17/h2-7,13-14,20H,1,8-12,15-16H2. The van der Waals surface area contributed by atoms with Crippen LogP contribution in [0.4, 0.5) is 5.69 Å². The van der Waals surface area contributed by atoms with Crippen LogP contribution in [0.3, 0.4) is 0 Å². The van der Waals surface area contributed by atoms with E-state index >= 15 is 0 Å². The van der Waals surface area contributed by atoms with Crippen molar-refractivity contribution < 1.29 is 19.1 Å². The Labute approximate surface area is 181 Å². The number of piperazine rings is 1. The smallest absolute Gasteiger partial charge is 0.259 e. The average Bonchev–Trinajstić information content (AvgIpc) is 3.36. The zero-order valence-electron chi connectivity index (χ0n) is 17.3. The molecule has 160 valence electrons. The van der Waals surface area contributed by atoms with E-state index in [0.717, 1.165) is 30.9 Å². The Balaban J connectivity index is 1.43. The topological polar surface area (TPSA) is 62.3 Å². The van der Waals surface area contributed by atoms with Gasteiger partial charge in [-0.25, -0.2) is 0 Å². The molecule has 3 aliphatic heterocycles. The van der Waals surface area contributed by atoms with Gasteiger partial charge >= 0.3 is 0 Å². The SMILES string of the molecule is C=CCN1CCN(C(=O)CC2c3cc4c(cc3C(=O)N2c2ccccc2)OCO4)CC1. The molecule has 3 aliphatic rings. The van der Waals surface area contributed by atoms with Crippen LogP contribution in [0.25, 0.3) is 0 Å². The van der Waals surface area contributed by atoms with Gasteiger partial charge < -0.3 is 19.3 Å². The molecule has 0 saturated carbocycles. The number of rotatable bonds is 5. The first kappa shape index (κ1) is 19.6. The molecule has 1 atom stereocenters. The summed E-state index contributed by atoms with van der Waals surface area (Å²) in [5.41, 5.74) is 2.16. The predicted molar refractivity (Wildman–Crippen MR) is 116 cm³/mol. The second-order valence-electron chi connectivity index (χ2n) is 7.99. The molecule has 1 unspecified atom stereocenters. The number of amides is 2. The molecule has 5 rings (SSSR count). The Bertz CT molecular complexity index is 1010. The van der Waals surface area contributed by atoms with E-state index in [1.54, 1.807) is 11.0 Å². The minimum atomic E-state index is -0.377. The summed E-state index contributed by atoms with van der Waals surface area (Å²) < 4.78 is 11.0. The number of carbonyl (C=O) groups is 2. The zero-order valence-corrected chi connectivity index (χ0v) is 17.3. The molecule has 0 bridgehead atoms. The van der Waals surface area contributed by atoms with Gasteiger partial charge in [0, 0.05) is 44.0 Å². The summed E-state index contributed by atoms with van der Waals surface area (Å²) in [4.78, 5) is 32.5. The third kappa shape index (κ3) is 3.55. The number of hydrogen-bond donors (Lipinski definition) is 0. The number of fused-ring (bicyclic) bond motifs is 2. The molecule has 0 N–H and O–H groups in total. The van der Waals surface area contributed by atoms with E-state index in [0.29, 0.717) is 30.2 Å². The van der Waals surface area contributed by atoms with Crippen LogP contribution in [0.15, 0.2) is 55.1 Å². The lowest BCUT2D eigenvalue weighted by molar-refractivity contribution is -0.133. The second-order valence-corrected chi connectivity index (χ2v) is 7.99. The van der Waals surface area contributed by atoms with E-state index in [1.165, 1.54) is 0 Å². The van der Waals surface area contributed by atoms with Gasteiger partial charge in [0.05, 0.1) is 12.5 Å². The first-order chi connectivity index (χ1) is 15.2. The Morgan fingerprint density at radius 2 is 1.77 bits per heavy atom. The van der Waals surface area contributed by atoms with Crippen molar-refractivity contribution in [1.82, 2.24) is 9.80 Å². The lowest BCUT2D eigenvalue weighted by Gasteiger charge is -2.35. The van der Waals surface area contributed by atoms with Crippen LogP contribution >= 0.6 is 0 Å². The molecular formula is C24H25N3O4. The fourth-order valence-electron chi connectivity index (χ4n) is 4.57. The van der Waals surface area contributed by atoms with Crippen molar-refractivity contribution in [2.24, 2.45) is 0 Å². The normalized spacial score (nSPS) is 20.1. The van der Waals surface area contributed by atoms with Crippen molar-refractivity contribution in [3.8, 4) is 11.5 Å². The fourth-order valence-corrected chi connectivity index (χ4v) is 4.57. The molecule has 0 aromatic heterocycles. The highest BCUT2D eigenvalue weighted by Gasteiger charge is 2.41. The summed E-state index contributed by atoms with van der Waals surface area (Å²) >= 11 is 0. The van der Waals surface area contributed by atoms with Crippen molar-refractivity contribution in [2.75, 3.05) is 44.4 Å². The van der Waals surface area contributed by atoms with E-state index in [4.69, 9.17) is 9.47 Å². The largest absolute Gasteiger partial charge is 0.454 e. The number of benzene rings is 2. The van der Waals surface area contributed by atoms with E-state index in [-0.39, 0.29) is 31.1 Å². The number of hydrogen-bond acceptors (Lipinski definition) is 5. The number of ether oxygens (including phenoxy) is 2. The molecule has 2 amide bonds. The molecule has 7 heteroatoms. The molecule has 0 radical (unpaired) electrons. The van der Waals surface area contributed by atoms with Crippen LogP contribution < -0.4 is 14.4 Å². The van der Waals surface area contributed by atoms with Crippen molar-refractivity contribution in [3.05, 3.63) is 66.2 Å². The number of nitrogens with zero attached hydrogens (tertiary/aromatic N) is 3. The van der Waals surface area contributed by atoms with Gasteiger partial charge in [-0.3, -0.25) is 14.5 Å². The van der Waals surface area contributed by atoms with E-state index in [1.807, 2.05) is 47.4 Å². The number of para-hydroxylation sites is 1. The highest BCUT2D eigenvalue weighted by molar-refractivity contribution is 6.12. The molecule has 3 heterocycles. The number of anilines is 1. The van der Waals surface area contributed by atoms with Gasteiger partial charge in [-0.15, -0.1) is 6.58 Å². The fraction of sp³-hybridized carbons (Fsp3) is 0.333. The summed E-state index contributed by atoms with van der Waals surface area (Å²) in [6.07, 6.45) is 2.12. The third-order valence-corrected chi connectivity index (χ3v) is 6.18. The van der Waals surface area contributed by atoms with E-state index in [2.05, 4.69) is 11.5 Å². The second kappa shape index (κ2) is 8.07. The molecule has 1 saturated heterocycles. The first-order valence-electron chi connectivity index (χ1n) is 10.6. The van der Waals surface area contributed by atoms with E-state index < -0.39 is 0 Å². The Kier molecular flexibility index (Phi) is 5.11. The highest BCUT2D eigenvalue weighted by Crippen LogP contribution is 2.45. The van der Waals surface area contributed by atoms with Crippen LogP contribution in [-0.4, -0.2) is 61.1 Å². The van der Waals surface area contributed by atoms with Gasteiger partial charge in [0.15, 0.2) is 11.5 Å². The van der Waals surface area contributed by atoms with Gasteiger partial charge in [-0.1, -0.05) is 24.3 Å². The molecule has 0 spiro atoms. The summed E-state index contributed by atoms with van der Waals surface area (Å²) in [7, 11) is 0. The summed E-state index contributed by atoms with van der Waals surface area (Å²) in [5.74, 6) is 1.14. The summed E-state index contributed by atoms with van der Waals surface area (Å²) in [5, 5.41) is 0. The van der Waals surface area contributed by atoms with Gasteiger partial charge in [-0.2, -0.15) is 0 Å². The van der Waals surface area contributed by atoms with Crippen molar-refractivity contribution in [2.45, 2.75) is 12.5 Å². The monoisotopic (exact) mass is 419 g/mol. The van der Waals surface area contributed by atoms with Crippen LogP contribution in [0, 0.1) is 0 Å². The summed E-state index contributed by atoms with van der Waals surface area (Å²) in [6.45, 7) is 7.81. The molecule has 2 aromatic carbocycles. The Morgan fingerprint density at radius 3 is 2.48 bits per heavy atom. The molecule has 0 aliphatic carbocycles. The highest BCUT2D eigenvalue weighted by atomic mass is 16.7. The first-order valence-corrected chi connectivity index (χ1v) is 10.6. The van der Waals surface area contributed by atoms with Crippen LogP contribution in [0.1, 0.15) is 28.4 Å². The zero-order chi connectivity index (χ0) is 21.4. The predicted octanol–water partition coefficient (Wildman–Crippen LogP) is 2.84. The van der Waals surface area contributed by atoms with Crippen LogP contribution in [0.5, 0.6) is 11.5 Å². The lowest BCUT2D eigenvalue weighted by Crippen LogP contribution is -2.49. The summed E-state index contributed by atoms with van der Waals surface area (Å²) in [6, 6.07) is 12.7. The van der Waals surface area contributed by atoms with Gasteiger partial charge in [0.2, 0.25) is 12.7 Å². The van der Waals surface area contributed by atoms with Gasteiger partial charge in [-0.05, 0) is 29.8 Å².